The van der Waals surface area contributed by atoms with E-state index in [0.717, 1.165) is 13.2 Å². The fourth-order valence-electron chi connectivity index (χ4n) is 4.24. The van der Waals surface area contributed by atoms with E-state index >= 15 is 0 Å². The Morgan fingerprint density at radius 3 is 2.64 bits per heavy atom. The molecule has 1 aromatic heterocycles. The molecule has 0 radical (unpaired) electrons. The lowest BCUT2D eigenvalue weighted by molar-refractivity contribution is -0.000221. The van der Waals surface area contributed by atoms with Crippen LogP contribution >= 0.6 is 11.3 Å². The van der Waals surface area contributed by atoms with Crippen molar-refractivity contribution in [1.82, 2.24) is 14.9 Å². The second-order valence-electron chi connectivity index (χ2n) is 8.62. The summed E-state index contributed by atoms with van der Waals surface area (Å²) in [6.45, 7) is 7.51. The molecule has 4 N–H and O–H groups in total. The van der Waals surface area contributed by atoms with Crippen molar-refractivity contribution in [2.24, 2.45) is 5.14 Å². The highest BCUT2D eigenvalue weighted by Gasteiger charge is 2.39. The molecule has 2 aliphatic rings. The molecule has 1 aromatic carbocycles. The molecule has 0 bridgehead atoms. The van der Waals surface area contributed by atoms with Crippen LogP contribution in [0.15, 0.2) is 44.8 Å². The van der Waals surface area contributed by atoms with Gasteiger partial charge in [0.1, 0.15) is 8.42 Å². The van der Waals surface area contributed by atoms with Crippen LogP contribution in [0.25, 0.3) is 0 Å². The monoisotopic (exact) mass is 560 g/mol. The third-order valence-electron chi connectivity index (χ3n) is 5.97. The molecule has 2 unspecified atom stereocenters. The molecule has 0 spiro atoms. The van der Waals surface area contributed by atoms with Gasteiger partial charge in [0, 0.05) is 51.0 Å². The summed E-state index contributed by atoms with van der Waals surface area (Å²) in [6.07, 6.45) is 0.784. The van der Waals surface area contributed by atoms with E-state index in [4.69, 9.17) is 14.6 Å². The van der Waals surface area contributed by atoms with Gasteiger partial charge in [-0.2, -0.15) is 4.31 Å². The van der Waals surface area contributed by atoms with E-state index in [1.165, 1.54) is 15.9 Å². The molecule has 2 aromatic rings. The minimum Gasteiger partial charge on any atom is -0.385 e. The first-order valence-corrected chi connectivity index (χ1v) is 15.7. The van der Waals surface area contributed by atoms with E-state index < -0.39 is 20.0 Å². The number of sulfonamides is 2. The Labute approximate surface area is 218 Å². The van der Waals surface area contributed by atoms with Gasteiger partial charge in [0.2, 0.25) is 10.0 Å². The summed E-state index contributed by atoms with van der Waals surface area (Å²) in [5.74, 6) is 0. The number of hydrogen-bond donors (Lipinski definition) is 3. The van der Waals surface area contributed by atoms with Crippen LogP contribution in [0, 0.1) is 0 Å². The van der Waals surface area contributed by atoms with Gasteiger partial charge in [0.25, 0.3) is 10.0 Å². The predicted octanol–water partition coefficient (Wildman–Crippen LogP) is 1.82. The average Bonchev–Trinajstić information content (AvgIpc) is 3.31. The summed E-state index contributed by atoms with van der Waals surface area (Å²) in [6, 6.07) is 11.9. The fourth-order valence-corrected chi connectivity index (χ4v) is 8.54. The van der Waals surface area contributed by atoms with E-state index in [-0.39, 0.29) is 27.1 Å². The van der Waals surface area contributed by atoms with Crippen molar-refractivity contribution >= 4 is 31.4 Å². The summed E-state index contributed by atoms with van der Waals surface area (Å²) in [7, 11) is -6.10. The largest absolute Gasteiger partial charge is 0.385 e. The Bertz CT molecular complexity index is 1190. The van der Waals surface area contributed by atoms with Gasteiger partial charge in [-0.05, 0) is 31.5 Å². The summed E-state index contributed by atoms with van der Waals surface area (Å²) in [5.41, 5.74) is 1.74. The van der Waals surface area contributed by atoms with E-state index in [0.29, 0.717) is 49.1 Å². The minimum absolute atomic E-state index is 0.0520. The van der Waals surface area contributed by atoms with E-state index in [1.807, 2.05) is 13.0 Å². The van der Waals surface area contributed by atoms with Gasteiger partial charge in [-0.15, -0.1) is 11.3 Å². The van der Waals surface area contributed by atoms with Crippen LogP contribution in [-0.2, 0) is 29.5 Å². The summed E-state index contributed by atoms with van der Waals surface area (Å²) >= 11 is 0.708. The van der Waals surface area contributed by atoms with Gasteiger partial charge in [0.15, 0.2) is 0 Å². The smallest absolute Gasteiger partial charge is 0.252 e. The topological polar surface area (TPSA) is 140 Å². The second kappa shape index (κ2) is 12.9. The van der Waals surface area contributed by atoms with Crippen molar-refractivity contribution < 1.29 is 26.3 Å². The SMILES string of the molecule is CC1NCCOC1c1ccccc1.CCN[C@H]1CN(CCCOC)S(=O)(=O)c2sc(S(N)(=O)=O)cc21. The number of primary sulfonamides is 1. The molecule has 0 saturated carbocycles. The van der Waals surface area contributed by atoms with Crippen LogP contribution in [0.5, 0.6) is 0 Å². The average molecular weight is 561 g/mol. The van der Waals surface area contributed by atoms with Gasteiger partial charge in [-0.3, -0.25) is 0 Å². The number of nitrogens with one attached hydrogen (secondary N) is 2. The predicted molar refractivity (Wildman–Crippen MR) is 140 cm³/mol. The van der Waals surface area contributed by atoms with Crippen molar-refractivity contribution in [3.8, 4) is 0 Å². The third-order valence-corrected chi connectivity index (χ3v) is 10.9. The fraction of sp³-hybridized carbons (Fsp3) is 0.565. The van der Waals surface area contributed by atoms with E-state index in [1.54, 1.807) is 7.11 Å². The molecular weight excluding hydrogens is 524 g/mol. The van der Waals surface area contributed by atoms with Crippen molar-refractivity contribution in [3.63, 3.8) is 0 Å². The second-order valence-corrected chi connectivity index (χ2v) is 13.6. The number of morpholine rings is 1. The van der Waals surface area contributed by atoms with Gasteiger partial charge in [0.05, 0.1) is 12.7 Å². The highest BCUT2D eigenvalue weighted by molar-refractivity contribution is 7.94. The number of nitrogens with zero attached hydrogens (tertiary/aromatic N) is 1. The number of nitrogens with two attached hydrogens (primary N) is 1. The first kappa shape index (κ1) is 29.1. The first-order valence-electron chi connectivity index (χ1n) is 11.9. The quantitative estimate of drug-likeness (QED) is 0.416. The summed E-state index contributed by atoms with van der Waals surface area (Å²) in [5, 5.41) is 11.7. The maximum absolute atomic E-state index is 12.7. The summed E-state index contributed by atoms with van der Waals surface area (Å²) in [4.78, 5) is 0. The standard InChI is InChI=1S/C12H21N3O5S3.C11H15NO/c1-3-14-10-8-15(5-4-6-20-2)23(18,19)12-9(10)7-11(21-12)22(13,16)17;1-9-11(13-8-7-12-9)10-5-3-2-4-6-10/h7,10,14H,3-6,8H2,1-2H3,(H2,13,16,17);2-6,9,11-12H,7-8H2,1H3/t10-;/m0./s1. The van der Waals surface area contributed by atoms with Crippen molar-refractivity contribution in [2.45, 2.75) is 46.9 Å². The van der Waals surface area contributed by atoms with Gasteiger partial charge < -0.3 is 20.1 Å². The molecule has 1 saturated heterocycles. The maximum atomic E-state index is 12.7. The molecule has 1 fully saturated rings. The minimum atomic E-state index is -3.94. The van der Waals surface area contributed by atoms with Crippen molar-refractivity contribution in [1.29, 1.82) is 0 Å². The zero-order valence-electron chi connectivity index (χ0n) is 20.8. The van der Waals surface area contributed by atoms with Crippen molar-refractivity contribution in [2.75, 3.05) is 46.5 Å². The molecule has 3 heterocycles. The highest BCUT2D eigenvalue weighted by Crippen LogP contribution is 2.39. The van der Waals surface area contributed by atoms with Crippen LogP contribution in [0.1, 0.15) is 43.5 Å². The lowest BCUT2D eigenvalue weighted by atomic mass is 10.0. The zero-order chi connectivity index (χ0) is 26.3. The first-order chi connectivity index (χ1) is 17.1. The number of hydrogen-bond acceptors (Lipinski definition) is 9. The molecular formula is C23H36N4O6S3. The molecule has 202 valence electrons. The number of benzene rings is 1. The maximum Gasteiger partial charge on any atom is 0.252 e. The highest BCUT2D eigenvalue weighted by atomic mass is 32.3. The Hall–Kier alpha value is -1.42. The molecule has 13 heteroatoms. The van der Waals surface area contributed by atoms with Crippen LogP contribution in [0.3, 0.4) is 0 Å². The van der Waals surface area contributed by atoms with Gasteiger partial charge in [-0.25, -0.2) is 22.0 Å². The number of likely N-dealkylation sites (N-methyl/N-ethyl adjacent to an activating group) is 1. The number of thiophene rings is 1. The normalized spacial score (nSPS) is 23.9. The molecule has 0 aliphatic carbocycles. The van der Waals surface area contributed by atoms with Crippen LogP contribution in [0.4, 0.5) is 0 Å². The lowest BCUT2D eigenvalue weighted by Gasteiger charge is -2.32. The number of ether oxygens (including phenoxy) is 2. The number of fused-ring (bicyclic) bond motifs is 1. The van der Waals surface area contributed by atoms with Gasteiger partial charge >= 0.3 is 0 Å². The van der Waals surface area contributed by atoms with Crippen LogP contribution in [0.2, 0.25) is 0 Å². The Morgan fingerprint density at radius 1 is 1.31 bits per heavy atom. The van der Waals surface area contributed by atoms with Crippen molar-refractivity contribution in [3.05, 3.63) is 47.5 Å². The molecule has 36 heavy (non-hydrogen) atoms. The third kappa shape index (κ3) is 7.11. The number of rotatable bonds is 8. The van der Waals surface area contributed by atoms with Gasteiger partial charge in [-0.1, -0.05) is 37.3 Å². The molecule has 2 aliphatic heterocycles. The van der Waals surface area contributed by atoms with E-state index in [9.17, 15) is 16.8 Å². The molecule has 4 rings (SSSR count). The zero-order valence-corrected chi connectivity index (χ0v) is 23.3. The molecule has 0 amide bonds. The molecule has 10 nitrogen and oxygen atoms in total. The van der Waals surface area contributed by atoms with Crippen LogP contribution < -0.4 is 15.8 Å². The number of methoxy groups -OCH3 is 1. The van der Waals surface area contributed by atoms with E-state index in [2.05, 4.69) is 41.8 Å². The lowest BCUT2D eigenvalue weighted by Crippen LogP contribution is -2.43. The Balaban J connectivity index is 0.000000233. The molecule has 3 atom stereocenters. The summed E-state index contributed by atoms with van der Waals surface area (Å²) < 4.78 is 60.5. The Kier molecular flexibility index (Phi) is 10.4. The van der Waals surface area contributed by atoms with Crippen LogP contribution in [-0.4, -0.2) is 73.7 Å². The Morgan fingerprint density at radius 2 is 2.03 bits per heavy atom.